The van der Waals surface area contributed by atoms with Gasteiger partial charge >= 0.3 is 0 Å². The Morgan fingerprint density at radius 3 is 2.80 bits per heavy atom. The van der Waals surface area contributed by atoms with Crippen LogP contribution >= 0.6 is 27.5 Å². The van der Waals surface area contributed by atoms with Crippen molar-refractivity contribution in [1.29, 1.82) is 0 Å². The molecule has 0 unspecified atom stereocenters. The van der Waals surface area contributed by atoms with Crippen molar-refractivity contribution in [3.8, 4) is 0 Å². The van der Waals surface area contributed by atoms with Crippen molar-refractivity contribution < 1.29 is 0 Å². The fourth-order valence-corrected chi connectivity index (χ4v) is 2.33. The quantitative estimate of drug-likeness (QED) is 0.759. The van der Waals surface area contributed by atoms with Crippen molar-refractivity contribution in [2.75, 3.05) is 18.5 Å². The van der Waals surface area contributed by atoms with E-state index in [1.165, 1.54) is 19.3 Å². The highest BCUT2D eigenvalue weighted by atomic mass is 79.9. The van der Waals surface area contributed by atoms with Crippen LogP contribution in [0.3, 0.4) is 0 Å². The average Bonchev–Trinajstić information content (AvgIpc) is 2.17. The van der Waals surface area contributed by atoms with Crippen LogP contribution < -0.4 is 4.90 Å². The molecule has 0 aliphatic heterocycles. The Labute approximate surface area is 105 Å². The first-order valence-electron chi connectivity index (χ1n) is 5.17. The lowest BCUT2D eigenvalue weighted by Crippen LogP contribution is -2.20. The second-order valence-corrected chi connectivity index (χ2v) is 4.88. The summed E-state index contributed by atoms with van der Waals surface area (Å²) in [5.41, 5.74) is 0. The van der Waals surface area contributed by atoms with E-state index in [9.17, 15) is 0 Å². The minimum atomic E-state index is 0.660. The van der Waals surface area contributed by atoms with Gasteiger partial charge in [-0.25, -0.2) is 4.98 Å². The largest absolute Gasteiger partial charge is 0.359 e. The topological polar surface area (TPSA) is 16.1 Å². The van der Waals surface area contributed by atoms with Crippen molar-refractivity contribution in [2.24, 2.45) is 0 Å². The molecule has 15 heavy (non-hydrogen) atoms. The molecule has 0 bridgehead atoms. The van der Waals surface area contributed by atoms with Gasteiger partial charge in [-0.05, 0) is 28.4 Å². The van der Waals surface area contributed by atoms with E-state index < -0.39 is 0 Å². The van der Waals surface area contributed by atoms with Crippen molar-refractivity contribution in [3.05, 3.63) is 21.8 Å². The van der Waals surface area contributed by atoms with Gasteiger partial charge in [-0.15, -0.1) is 0 Å². The van der Waals surface area contributed by atoms with Gasteiger partial charge in [0, 0.05) is 19.8 Å². The van der Waals surface area contributed by atoms with E-state index in [1.54, 1.807) is 6.20 Å². The summed E-state index contributed by atoms with van der Waals surface area (Å²) < 4.78 is 0.953. The number of hydrogen-bond donors (Lipinski definition) is 0. The number of halogens is 2. The van der Waals surface area contributed by atoms with E-state index in [4.69, 9.17) is 11.6 Å². The number of nitrogens with zero attached hydrogens (tertiary/aromatic N) is 2. The number of aromatic nitrogens is 1. The summed E-state index contributed by atoms with van der Waals surface area (Å²) in [6.07, 6.45) is 5.38. The van der Waals surface area contributed by atoms with Crippen LogP contribution in [0.1, 0.15) is 26.2 Å². The van der Waals surface area contributed by atoms with Crippen molar-refractivity contribution in [2.45, 2.75) is 26.2 Å². The maximum Gasteiger partial charge on any atom is 0.142 e. The Bertz CT molecular complexity index is 317. The lowest BCUT2D eigenvalue weighted by molar-refractivity contribution is 0.701. The van der Waals surface area contributed by atoms with Crippen LogP contribution in [-0.4, -0.2) is 18.6 Å². The van der Waals surface area contributed by atoms with Crippen LogP contribution in [0.15, 0.2) is 16.7 Å². The summed E-state index contributed by atoms with van der Waals surface area (Å²) in [7, 11) is 2.05. The Kier molecular flexibility index (Phi) is 5.40. The summed E-state index contributed by atoms with van der Waals surface area (Å²) >= 11 is 9.31. The molecular weight excluding hydrogens is 275 g/mol. The average molecular weight is 292 g/mol. The molecule has 0 aliphatic carbocycles. The van der Waals surface area contributed by atoms with E-state index in [-0.39, 0.29) is 0 Å². The molecular formula is C11H16BrClN2. The second kappa shape index (κ2) is 6.33. The molecule has 1 rings (SSSR count). The van der Waals surface area contributed by atoms with Crippen LogP contribution in [0.5, 0.6) is 0 Å². The van der Waals surface area contributed by atoms with E-state index in [2.05, 4.69) is 39.8 Å². The first-order valence-corrected chi connectivity index (χ1v) is 6.34. The van der Waals surface area contributed by atoms with Crippen LogP contribution in [-0.2, 0) is 0 Å². The molecule has 0 aliphatic rings. The zero-order chi connectivity index (χ0) is 11.3. The third kappa shape index (κ3) is 3.99. The molecule has 0 N–H and O–H groups in total. The molecule has 0 amide bonds. The predicted molar refractivity (Wildman–Crippen MR) is 69.7 cm³/mol. The Morgan fingerprint density at radius 2 is 2.20 bits per heavy atom. The number of rotatable bonds is 5. The molecule has 0 atom stereocenters. The first-order chi connectivity index (χ1) is 7.15. The van der Waals surface area contributed by atoms with Gasteiger partial charge in [0.15, 0.2) is 0 Å². The molecule has 0 fully saturated rings. The molecule has 1 aromatic rings. The SMILES string of the molecule is CCCCCN(C)c1ncc(Cl)cc1Br. The first kappa shape index (κ1) is 12.8. The fourth-order valence-electron chi connectivity index (χ4n) is 1.39. The number of pyridine rings is 1. The maximum absolute atomic E-state index is 5.84. The molecule has 1 heterocycles. The highest BCUT2D eigenvalue weighted by Gasteiger charge is 2.07. The molecule has 0 spiro atoms. The third-order valence-electron chi connectivity index (χ3n) is 2.25. The molecule has 0 aromatic carbocycles. The smallest absolute Gasteiger partial charge is 0.142 e. The molecule has 84 valence electrons. The van der Waals surface area contributed by atoms with Gasteiger partial charge in [0.2, 0.25) is 0 Å². The maximum atomic E-state index is 5.84. The Morgan fingerprint density at radius 1 is 1.47 bits per heavy atom. The van der Waals surface area contributed by atoms with Crippen molar-refractivity contribution >= 4 is 33.3 Å². The Hall–Kier alpha value is -0.280. The Balaban J connectivity index is 2.61. The van der Waals surface area contributed by atoms with Crippen LogP contribution in [0.25, 0.3) is 0 Å². The summed E-state index contributed by atoms with van der Waals surface area (Å²) in [4.78, 5) is 6.45. The van der Waals surface area contributed by atoms with Gasteiger partial charge in [-0.1, -0.05) is 31.4 Å². The predicted octanol–water partition coefficient (Wildman–Crippen LogP) is 4.12. The van der Waals surface area contributed by atoms with E-state index in [0.29, 0.717) is 5.02 Å². The zero-order valence-electron chi connectivity index (χ0n) is 9.13. The standard InChI is InChI=1S/C11H16BrClN2/c1-3-4-5-6-15(2)11-10(12)7-9(13)8-14-11/h7-8H,3-6H2,1-2H3. The molecule has 0 saturated heterocycles. The fraction of sp³-hybridized carbons (Fsp3) is 0.545. The number of unbranched alkanes of at least 4 members (excludes halogenated alkanes) is 2. The van der Waals surface area contributed by atoms with Gasteiger partial charge in [0.25, 0.3) is 0 Å². The zero-order valence-corrected chi connectivity index (χ0v) is 11.5. The van der Waals surface area contributed by atoms with E-state index in [0.717, 1.165) is 16.8 Å². The van der Waals surface area contributed by atoms with E-state index in [1.807, 2.05) is 6.07 Å². The minimum absolute atomic E-state index is 0.660. The third-order valence-corrected chi connectivity index (χ3v) is 3.04. The summed E-state index contributed by atoms with van der Waals surface area (Å²) in [5, 5.41) is 0.660. The highest BCUT2D eigenvalue weighted by Crippen LogP contribution is 2.25. The van der Waals surface area contributed by atoms with E-state index >= 15 is 0 Å². The molecule has 0 saturated carbocycles. The normalized spacial score (nSPS) is 10.4. The van der Waals surface area contributed by atoms with Crippen LogP contribution in [0.4, 0.5) is 5.82 Å². The molecule has 1 aromatic heterocycles. The summed E-state index contributed by atoms with van der Waals surface area (Å²) in [5.74, 6) is 0.954. The van der Waals surface area contributed by atoms with Crippen molar-refractivity contribution in [1.82, 2.24) is 4.98 Å². The highest BCUT2D eigenvalue weighted by molar-refractivity contribution is 9.10. The molecule has 2 nitrogen and oxygen atoms in total. The van der Waals surface area contributed by atoms with Crippen LogP contribution in [0.2, 0.25) is 5.02 Å². The van der Waals surface area contributed by atoms with Gasteiger partial charge in [-0.3, -0.25) is 0 Å². The second-order valence-electron chi connectivity index (χ2n) is 3.59. The number of anilines is 1. The minimum Gasteiger partial charge on any atom is -0.359 e. The van der Waals surface area contributed by atoms with Gasteiger partial charge in [-0.2, -0.15) is 0 Å². The monoisotopic (exact) mass is 290 g/mol. The lowest BCUT2D eigenvalue weighted by atomic mass is 10.2. The van der Waals surface area contributed by atoms with Crippen LogP contribution in [0, 0.1) is 0 Å². The van der Waals surface area contributed by atoms with Crippen molar-refractivity contribution in [3.63, 3.8) is 0 Å². The summed E-state index contributed by atoms with van der Waals surface area (Å²) in [6, 6.07) is 1.88. The number of hydrogen-bond acceptors (Lipinski definition) is 2. The van der Waals surface area contributed by atoms with Gasteiger partial charge in [0.05, 0.1) is 9.50 Å². The lowest BCUT2D eigenvalue weighted by Gasteiger charge is -2.19. The molecule has 0 radical (unpaired) electrons. The van der Waals surface area contributed by atoms with Gasteiger partial charge in [0.1, 0.15) is 5.82 Å². The summed E-state index contributed by atoms with van der Waals surface area (Å²) in [6.45, 7) is 3.23. The van der Waals surface area contributed by atoms with Gasteiger partial charge < -0.3 is 4.90 Å². The molecule has 4 heteroatoms.